The van der Waals surface area contributed by atoms with Crippen LogP contribution in [0.1, 0.15) is 43.7 Å². The van der Waals surface area contributed by atoms with Crippen molar-refractivity contribution in [1.82, 2.24) is 15.5 Å². The molecule has 1 aliphatic carbocycles. The van der Waals surface area contributed by atoms with Gasteiger partial charge in [0.05, 0.1) is 18.1 Å². The molecule has 0 bridgehead atoms. The lowest BCUT2D eigenvalue weighted by molar-refractivity contribution is -0.138. The number of rotatable bonds is 4. The van der Waals surface area contributed by atoms with Gasteiger partial charge in [-0.3, -0.25) is 9.79 Å². The lowest BCUT2D eigenvalue weighted by atomic mass is 9.84. The van der Waals surface area contributed by atoms with Crippen molar-refractivity contribution < 1.29 is 9.53 Å². The Morgan fingerprint density at radius 3 is 2.67 bits per heavy atom. The van der Waals surface area contributed by atoms with Gasteiger partial charge in [0.15, 0.2) is 5.96 Å². The standard InChI is InChI=1S/C20H30N4O2.HI/c1-21-19(22-14-20(11-6-7-12-20)18(25)24(2)3)23-16-10-13-26-17-9-5-4-8-15(16)17;/h4-5,8-9,16H,6-7,10-14H2,1-3H3,(H2,21,22,23);1H. The Morgan fingerprint density at radius 2 is 2.00 bits per heavy atom. The summed E-state index contributed by atoms with van der Waals surface area (Å²) in [6.07, 6.45) is 4.99. The molecule has 3 rings (SSSR count). The van der Waals surface area contributed by atoms with Crippen molar-refractivity contribution in [3.8, 4) is 5.75 Å². The Hall–Kier alpha value is -1.51. The summed E-state index contributed by atoms with van der Waals surface area (Å²) in [6, 6.07) is 8.28. The van der Waals surface area contributed by atoms with Gasteiger partial charge in [-0.1, -0.05) is 31.0 Å². The Morgan fingerprint density at radius 1 is 1.30 bits per heavy atom. The summed E-state index contributed by atoms with van der Waals surface area (Å²) in [7, 11) is 5.46. The number of guanidine groups is 1. The second kappa shape index (κ2) is 9.61. The van der Waals surface area contributed by atoms with Gasteiger partial charge in [-0.15, -0.1) is 24.0 Å². The minimum atomic E-state index is -0.311. The van der Waals surface area contributed by atoms with Gasteiger partial charge in [-0.25, -0.2) is 0 Å². The van der Waals surface area contributed by atoms with Crippen molar-refractivity contribution in [1.29, 1.82) is 0 Å². The van der Waals surface area contributed by atoms with Gasteiger partial charge in [0.2, 0.25) is 5.91 Å². The van der Waals surface area contributed by atoms with E-state index in [2.05, 4.69) is 21.7 Å². The molecule has 7 heteroatoms. The summed E-state index contributed by atoms with van der Waals surface area (Å²) in [6.45, 7) is 1.31. The Kier molecular flexibility index (Phi) is 7.76. The quantitative estimate of drug-likeness (QED) is 0.390. The first kappa shape index (κ1) is 21.8. The molecule has 1 fully saturated rings. The summed E-state index contributed by atoms with van der Waals surface area (Å²) >= 11 is 0. The number of para-hydroxylation sites is 1. The second-order valence-corrected chi connectivity index (χ2v) is 7.48. The maximum absolute atomic E-state index is 12.7. The zero-order valence-electron chi connectivity index (χ0n) is 16.5. The average molecular weight is 486 g/mol. The lowest BCUT2D eigenvalue weighted by Crippen LogP contribution is -2.50. The maximum Gasteiger partial charge on any atom is 0.230 e. The molecule has 1 amide bonds. The number of hydrogen-bond acceptors (Lipinski definition) is 3. The molecule has 1 aromatic carbocycles. The molecule has 1 saturated carbocycles. The molecule has 0 saturated heterocycles. The second-order valence-electron chi connectivity index (χ2n) is 7.48. The number of fused-ring (bicyclic) bond motifs is 1. The summed E-state index contributed by atoms with van der Waals surface area (Å²) < 4.78 is 5.73. The highest BCUT2D eigenvalue weighted by Crippen LogP contribution is 2.39. The molecule has 1 heterocycles. The normalized spacial score (nSPS) is 20.7. The largest absolute Gasteiger partial charge is 0.493 e. The van der Waals surface area contributed by atoms with E-state index in [0.29, 0.717) is 13.2 Å². The van der Waals surface area contributed by atoms with Crippen LogP contribution in [0.15, 0.2) is 29.3 Å². The van der Waals surface area contributed by atoms with Crippen molar-refractivity contribution >= 4 is 35.8 Å². The highest BCUT2D eigenvalue weighted by atomic mass is 127. The molecule has 1 aromatic rings. The minimum Gasteiger partial charge on any atom is -0.493 e. The van der Waals surface area contributed by atoms with Crippen LogP contribution in [0.4, 0.5) is 0 Å². The number of nitrogens with one attached hydrogen (secondary N) is 2. The van der Waals surface area contributed by atoms with Crippen LogP contribution in [0, 0.1) is 5.41 Å². The first-order valence-corrected chi connectivity index (χ1v) is 9.46. The van der Waals surface area contributed by atoms with E-state index in [1.165, 1.54) is 0 Å². The van der Waals surface area contributed by atoms with Crippen molar-refractivity contribution in [2.75, 3.05) is 34.3 Å². The van der Waals surface area contributed by atoms with Crippen molar-refractivity contribution in [3.05, 3.63) is 29.8 Å². The molecule has 1 unspecified atom stereocenters. The van der Waals surface area contributed by atoms with Crippen molar-refractivity contribution in [2.45, 2.75) is 38.1 Å². The number of halogens is 1. The van der Waals surface area contributed by atoms with E-state index in [1.54, 1.807) is 11.9 Å². The highest BCUT2D eigenvalue weighted by molar-refractivity contribution is 14.0. The number of nitrogens with zero attached hydrogens (tertiary/aromatic N) is 2. The van der Waals surface area contributed by atoms with Crippen molar-refractivity contribution in [2.24, 2.45) is 10.4 Å². The van der Waals surface area contributed by atoms with Crippen LogP contribution in [0.3, 0.4) is 0 Å². The number of benzene rings is 1. The fourth-order valence-electron chi connectivity index (χ4n) is 4.10. The van der Waals surface area contributed by atoms with Gasteiger partial charge in [-0.05, 0) is 18.9 Å². The van der Waals surface area contributed by atoms with Gasteiger partial charge in [0, 0.05) is 39.7 Å². The number of hydrogen-bond donors (Lipinski definition) is 2. The zero-order chi connectivity index (χ0) is 18.6. The van der Waals surface area contributed by atoms with Gasteiger partial charge >= 0.3 is 0 Å². The van der Waals surface area contributed by atoms with Gasteiger partial charge in [-0.2, -0.15) is 0 Å². The molecule has 1 aliphatic heterocycles. The van der Waals surface area contributed by atoms with E-state index >= 15 is 0 Å². The van der Waals surface area contributed by atoms with E-state index < -0.39 is 0 Å². The molecule has 2 N–H and O–H groups in total. The van der Waals surface area contributed by atoms with E-state index in [-0.39, 0.29) is 41.3 Å². The molecule has 6 nitrogen and oxygen atoms in total. The molecule has 2 aliphatic rings. The molecule has 27 heavy (non-hydrogen) atoms. The highest BCUT2D eigenvalue weighted by Gasteiger charge is 2.42. The number of aliphatic imine (C=N–C) groups is 1. The first-order chi connectivity index (χ1) is 12.6. The molecule has 0 radical (unpaired) electrons. The Bertz CT molecular complexity index is 672. The molecule has 1 atom stereocenters. The van der Waals surface area contributed by atoms with Crippen molar-refractivity contribution in [3.63, 3.8) is 0 Å². The zero-order valence-corrected chi connectivity index (χ0v) is 18.8. The van der Waals surface area contributed by atoms with Crippen LogP contribution < -0.4 is 15.4 Å². The predicted molar refractivity (Wildman–Crippen MR) is 119 cm³/mol. The van der Waals surface area contributed by atoms with Crippen LogP contribution in [0.25, 0.3) is 0 Å². The fourth-order valence-corrected chi connectivity index (χ4v) is 4.10. The third-order valence-electron chi connectivity index (χ3n) is 5.51. The first-order valence-electron chi connectivity index (χ1n) is 9.46. The summed E-state index contributed by atoms with van der Waals surface area (Å²) in [5.41, 5.74) is 0.843. The summed E-state index contributed by atoms with van der Waals surface area (Å²) in [5.74, 6) is 1.89. The van der Waals surface area contributed by atoms with Gasteiger partial charge in [0.1, 0.15) is 5.75 Å². The minimum absolute atomic E-state index is 0. The summed E-state index contributed by atoms with van der Waals surface area (Å²) in [5, 5.41) is 6.92. The monoisotopic (exact) mass is 486 g/mol. The SMILES string of the molecule is CN=C(NCC1(C(=O)N(C)C)CCCC1)NC1CCOc2ccccc21.I. The Labute approximate surface area is 179 Å². The lowest BCUT2D eigenvalue weighted by Gasteiger charge is -2.32. The number of ether oxygens (including phenoxy) is 1. The number of amides is 1. The third kappa shape index (κ3) is 4.86. The van der Waals surface area contributed by atoms with Gasteiger partial charge in [0.25, 0.3) is 0 Å². The smallest absolute Gasteiger partial charge is 0.230 e. The molecule has 0 aromatic heterocycles. The number of carbonyl (C=O) groups is 1. The average Bonchev–Trinajstić information content (AvgIpc) is 3.14. The van der Waals surface area contributed by atoms with E-state index in [0.717, 1.165) is 49.4 Å². The van der Waals surface area contributed by atoms with Crippen LogP contribution >= 0.6 is 24.0 Å². The number of carbonyl (C=O) groups excluding carboxylic acids is 1. The fraction of sp³-hybridized carbons (Fsp3) is 0.600. The molecular weight excluding hydrogens is 455 g/mol. The predicted octanol–water partition coefficient (Wildman–Crippen LogP) is 2.94. The molecule has 0 spiro atoms. The maximum atomic E-state index is 12.7. The van der Waals surface area contributed by atoms with Crippen LogP contribution in [0.5, 0.6) is 5.75 Å². The molecule has 150 valence electrons. The van der Waals surface area contributed by atoms with E-state index in [1.807, 2.05) is 32.3 Å². The summed E-state index contributed by atoms with van der Waals surface area (Å²) in [4.78, 5) is 18.8. The van der Waals surface area contributed by atoms with Gasteiger partial charge < -0.3 is 20.3 Å². The van der Waals surface area contributed by atoms with Crippen LogP contribution in [0.2, 0.25) is 0 Å². The Balaban J connectivity index is 0.00000261. The topological polar surface area (TPSA) is 66.0 Å². The van der Waals surface area contributed by atoms with E-state index in [4.69, 9.17) is 4.74 Å². The van der Waals surface area contributed by atoms with E-state index in [9.17, 15) is 4.79 Å². The third-order valence-corrected chi connectivity index (χ3v) is 5.51. The van der Waals surface area contributed by atoms with Crippen LogP contribution in [-0.4, -0.2) is 51.1 Å². The van der Waals surface area contributed by atoms with Crippen LogP contribution in [-0.2, 0) is 4.79 Å². The molecular formula is C20H31IN4O2.